The first-order valence-corrected chi connectivity index (χ1v) is 3.66. The fourth-order valence-electron chi connectivity index (χ4n) is 1.01. The van der Waals surface area contributed by atoms with Gasteiger partial charge >= 0.3 is 0 Å². The van der Waals surface area contributed by atoms with Gasteiger partial charge in [-0.05, 0) is 30.7 Å². The van der Waals surface area contributed by atoms with Crippen molar-refractivity contribution in [1.29, 1.82) is 0 Å². The number of benzene rings is 1. The summed E-state index contributed by atoms with van der Waals surface area (Å²) in [5.41, 5.74) is 6.80. The van der Waals surface area contributed by atoms with Crippen LogP contribution in [0.4, 0.5) is 5.69 Å². The minimum absolute atomic E-state index is 0.0345. The number of carbonyl (C=O) groups is 1. The van der Waals surface area contributed by atoms with Crippen LogP contribution in [0.2, 0.25) is 0 Å². The molecule has 0 aliphatic carbocycles. The molecule has 0 atom stereocenters. The minimum Gasteiger partial charge on any atom is -0.508 e. The van der Waals surface area contributed by atoms with Gasteiger partial charge in [-0.15, -0.1) is 0 Å². The van der Waals surface area contributed by atoms with Gasteiger partial charge in [0.15, 0.2) is 0 Å². The van der Waals surface area contributed by atoms with E-state index >= 15 is 0 Å². The number of ketones is 1. The Morgan fingerprint density at radius 1 is 1.58 bits per heavy atom. The third kappa shape index (κ3) is 1.99. The lowest BCUT2D eigenvalue weighted by molar-refractivity contribution is -0.116. The van der Waals surface area contributed by atoms with Gasteiger partial charge in [0, 0.05) is 12.1 Å². The fraction of sp³-hybridized carbons (Fsp3) is 0.222. The predicted molar refractivity (Wildman–Crippen MR) is 46.9 cm³/mol. The van der Waals surface area contributed by atoms with Crippen LogP contribution in [0.1, 0.15) is 12.5 Å². The van der Waals surface area contributed by atoms with E-state index in [9.17, 15) is 4.79 Å². The van der Waals surface area contributed by atoms with Crippen LogP contribution in [0.25, 0.3) is 0 Å². The molecule has 0 spiro atoms. The van der Waals surface area contributed by atoms with Crippen LogP contribution in [0.15, 0.2) is 18.2 Å². The maximum Gasteiger partial charge on any atom is 0.134 e. The third-order valence-electron chi connectivity index (χ3n) is 1.57. The molecule has 1 rings (SSSR count). The second-order valence-electron chi connectivity index (χ2n) is 2.76. The molecule has 0 aromatic heterocycles. The van der Waals surface area contributed by atoms with Crippen LogP contribution < -0.4 is 5.73 Å². The van der Waals surface area contributed by atoms with Gasteiger partial charge in [0.2, 0.25) is 0 Å². The number of hydrogen-bond donors (Lipinski definition) is 2. The summed E-state index contributed by atoms with van der Waals surface area (Å²) >= 11 is 0. The normalized spacial score (nSPS) is 9.75. The molecule has 0 saturated heterocycles. The molecular formula is C9H11NO2. The maximum absolute atomic E-state index is 10.7. The molecule has 0 saturated carbocycles. The minimum atomic E-state index is 0.0345. The molecule has 64 valence electrons. The Morgan fingerprint density at radius 2 is 2.25 bits per heavy atom. The Balaban J connectivity index is 2.97. The van der Waals surface area contributed by atoms with Crippen LogP contribution in [0.5, 0.6) is 5.75 Å². The fourth-order valence-corrected chi connectivity index (χ4v) is 1.01. The monoisotopic (exact) mass is 165 g/mol. The number of phenolic OH excluding ortho intramolecular Hbond substituents is 1. The Morgan fingerprint density at radius 3 is 2.83 bits per heavy atom. The van der Waals surface area contributed by atoms with Gasteiger partial charge < -0.3 is 10.8 Å². The van der Waals surface area contributed by atoms with Gasteiger partial charge in [-0.1, -0.05) is 0 Å². The first kappa shape index (κ1) is 8.59. The van der Waals surface area contributed by atoms with E-state index in [1.165, 1.54) is 19.1 Å². The summed E-state index contributed by atoms with van der Waals surface area (Å²) in [4.78, 5) is 10.7. The van der Waals surface area contributed by atoms with Crippen LogP contribution in [-0.2, 0) is 11.2 Å². The zero-order valence-electron chi connectivity index (χ0n) is 6.87. The van der Waals surface area contributed by atoms with Crippen LogP contribution >= 0.6 is 0 Å². The molecule has 12 heavy (non-hydrogen) atoms. The van der Waals surface area contributed by atoms with E-state index in [4.69, 9.17) is 10.8 Å². The lowest BCUT2D eigenvalue weighted by atomic mass is 10.1. The van der Waals surface area contributed by atoms with E-state index in [0.717, 1.165) is 0 Å². The molecular weight excluding hydrogens is 154 g/mol. The second kappa shape index (κ2) is 3.26. The summed E-state index contributed by atoms with van der Waals surface area (Å²) in [6.45, 7) is 1.49. The van der Waals surface area contributed by atoms with Crippen LogP contribution in [0, 0.1) is 0 Å². The molecule has 0 amide bonds. The Bertz CT molecular complexity index is 307. The van der Waals surface area contributed by atoms with E-state index in [1.54, 1.807) is 6.07 Å². The quantitative estimate of drug-likeness (QED) is 0.509. The summed E-state index contributed by atoms with van der Waals surface area (Å²) in [6.07, 6.45) is 0.278. The molecule has 1 aromatic carbocycles. The summed E-state index contributed by atoms with van der Waals surface area (Å²) in [5, 5.41) is 9.08. The van der Waals surface area contributed by atoms with Crippen molar-refractivity contribution < 1.29 is 9.90 Å². The second-order valence-corrected chi connectivity index (χ2v) is 2.76. The SMILES string of the molecule is CC(=O)Cc1cc(O)ccc1N. The maximum atomic E-state index is 10.7. The summed E-state index contributed by atoms with van der Waals surface area (Å²) in [5.74, 6) is 0.174. The molecule has 0 aliphatic rings. The van der Waals surface area contributed by atoms with E-state index in [2.05, 4.69) is 0 Å². The zero-order chi connectivity index (χ0) is 9.14. The lowest BCUT2D eigenvalue weighted by Gasteiger charge is -2.02. The van der Waals surface area contributed by atoms with Gasteiger partial charge in [0.1, 0.15) is 11.5 Å². The van der Waals surface area contributed by atoms with Crippen molar-refractivity contribution in [3.8, 4) is 5.75 Å². The highest BCUT2D eigenvalue weighted by molar-refractivity contribution is 5.80. The van der Waals surface area contributed by atoms with Crippen molar-refractivity contribution in [1.82, 2.24) is 0 Å². The number of nitrogen functional groups attached to an aromatic ring is 1. The number of nitrogens with two attached hydrogens (primary N) is 1. The summed E-state index contributed by atoms with van der Waals surface area (Å²) < 4.78 is 0. The first-order chi connectivity index (χ1) is 5.59. The highest BCUT2D eigenvalue weighted by Gasteiger charge is 2.02. The Hall–Kier alpha value is -1.51. The predicted octanol–water partition coefficient (Wildman–Crippen LogP) is 1.11. The molecule has 3 nitrogen and oxygen atoms in total. The van der Waals surface area contributed by atoms with E-state index in [-0.39, 0.29) is 18.0 Å². The van der Waals surface area contributed by atoms with Crippen molar-refractivity contribution in [2.75, 3.05) is 5.73 Å². The standard InChI is InChI=1S/C9H11NO2/c1-6(11)4-7-5-8(12)2-3-9(7)10/h2-3,5,12H,4,10H2,1H3. The number of rotatable bonds is 2. The van der Waals surface area contributed by atoms with E-state index < -0.39 is 0 Å². The van der Waals surface area contributed by atoms with Crippen molar-refractivity contribution >= 4 is 11.5 Å². The number of carbonyl (C=O) groups excluding carboxylic acids is 1. The number of aromatic hydroxyl groups is 1. The van der Waals surface area contributed by atoms with Gasteiger partial charge in [-0.25, -0.2) is 0 Å². The number of Topliss-reactive ketones (excluding diaryl/α,β-unsaturated/α-hetero) is 1. The Labute approximate surface area is 70.8 Å². The lowest BCUT2D eigenvalue weighted by Crippen LogP contribution is -2.00. The molecule has 0 radical (unpaired) electrons. The number of hydrogen-bond acceptors (Lipinski definition) is 3. The first-order valence-electron chi connectivity index (χ1n) is 3.66. The average Bonchev–Trinajstić information content (AvgIpc) is 1.96. The van der Waals surface area contributed by atoms with Gasteiger partial charge in [0.05, 0.1) is 0 Å². The molecule has 1 aromatic rings. The van der Waals surface area contributed by atoms with Crippen molar-refractivity contribution in [2.24, 2.45) is 0 Å². The molecule has 0 aliphatic heterocycles. The van der Waals surface area contributed by atoms with Crippen molar-refractivity contribution in [3.05, 3.63) is 23.8 Å². The van der Waals surface area contributed by atoms with Gasteiger partial charge in [-0.3, -0.25) is 4.79 Å². The number of phenols is 1. The summed E-state index contributed by atoms with van der Waals surface area (Å²) in [6, 6.07) is 4.60. The highest BCUT2D eigenvalue weighted by atomic mass is 16.3. The van der Waals surface area contributed by atoms with Gasteiger partial charge in [0.25, 0.3) is 0 Å². The largest absolute Gasteiger partial charge is 0.508 e. The molecule has 3 heteroatoms. The third-order valence-corrected chi connectivity index (χ3v) is 1.57. The Kier molecular flexibility index (Phi) is 2.33. The molecule has 0 heterocycles. The number of anilines is 1. The van der Waals surface area contributed by atoms with E-state index in [0.29, 0.717) is 11.3 Å². The highest BCUT2D eigenvalue weighted by Crippen LogP contribution is 2.18. The molecule has 0 unspecified atom stereocenters. The van der Waals surface area contributed by atoms with Crippen molar-refractivity contribution in [2.45, 2.75) is 13.3 Å². The van der Waals surface area contributed by atoms with Crippen molar-refractivity contribution in [3.63, 3.8) is 0 Å². The molecule has 3 N–H and O–H groups in total. The zero-order valence-corrected chi connectivity index (χ0v) is 6.87. The topological polar surface area (TPSA) is 63.3 Å². The molecule has 0 fully saturated rings. The van der Waals surface area contributed by atoms with E-state index in [1.807, 2.05) is 0 Å². The average molecular weight is 165 g/mol. The van der Waals surface area contributed by atoms with Crippen LogP contribution in [0.3, 0.4) is 0 Å². The summed E-state index contributed by atoms with van der Waals surface area (Å²) in [7, 11) is 0. The molecule has 0 bridgehead atoms. The smallest absolute Gasteiger partial charge is 0.134 e. The van der Waals surface area contributed by atoms with Crippen LogP contribution in [-0.4, -0.2) is 10.9 Å². The van der Waals surface area contributed by atoms with Gasteiger partial charge in [-0.2, -0.15) is 0 Å².